The zero-order chi connectivity index (χ0) is 14.4. The topological polar surface area (TPSA) is 81.4 Å². The highest BCUT2D eigenvalue weighted by Gasteiger charge is 2.26. The van der Waals surface area contributed by atoms with E-state index in [1.165, 1.54) is 7.11 Å². The fourth-order valence-corrected chi connectivity index (χ4v) is 1.55. The summed E-state index contributed by atoms with van der Waals surface area (Å²) in [5, 5.41) is 2.67. The van der Waals surface area contributed by atoms with Gasteiger partial charge in [0.1, 0.15) is 0 Å². The summed E-state index contributed by atoms with van der Waals surface area (Å²) in [4.78, 5) is 23.8. The molecule has 1 rings (SSSR count). The van der Waals surface area contributed by atoms with Gasteiger partial charge in [-0.15, -0.1) is 12.4 Å². The Morgan fingerprint density at radius 1 is 1.20 bits per heavy atom. The number of carbonyl (C=O) groups excluding carboxylic acids is 2. The summed E-state index contributed by atoms with van der Waals surface area (Å²) < 4.78 is 4.72. The average molecular weight is 301 g/mol. The van der Waals surface area contributed by atoms with Gasteiger partial charge in [0.15, 0.2) is 6.04 Å². The summed E-state index contributed by atoms with van der Waals surface area (Å²) in [5.41, 5.74) is 6.36. The van der Waals surface area contributed by atoms with Crippen LogP contribution in [-0.4, -0.2) is 25.0 Å². The predicted molar refractivity (Wildman–Crippen MR) is 79.4 cm³/mol. The number of hydrogen-bond donors (Lipinski definition) is 2. The monoisotopic (exact) mass is 300 g/mol. The highest BCUT2D eigenvalue weighted by atomic mass is 35.5. The minimum atomic E-state index is -0.806. The van der Waals surface area contributed by atoms with Crippen molar-refractivity contribution < 1.29 is 14.3 Å². The molecule has 0 saturated carbocycles. The van der Waals surface area contributed by atoms with Gasteiger partial charge in [0, 0.05) is 12.0 Å². The van der Waals surface area contributed by atoms with Crippen LogP contribution >= 0.6 is 12.4 Å². The van der Waals surface area contributed by atoms with Gasteiger partial charge < -0.3 is 15.8 Å². The van der Waals surface area contributed by atoms with Crippen molar-refractivity contribution in [3.63, 3.8) is 0 Å². The van der Waals surface area contributed by atoms with E-state index in [1.54, 1.807) is 38.1 Å². The fourth-order valence-electron chi connectivity index (χ4n) is 1.55. The van der Waals surface area contributed by atoms with Gasteiger partial charge in [-0.1, -0.05) is 37.3 Å². The van der Waals surface area contributed by atoms with Crippen LogP contribution in [0.25, 0.3) is 0 Å². The van der Waals surface area contributed by atoms with Crippen molar-refractivity contribution in [1.82, 2.24) is 5.32 Å². The number of nitrogens with two attached hydrogens (primary N) is 1. The third-order valence-corrected chi connectivity index (χ3v) is 3.06. The first kappa shape index (κ1) is 18.4. The Morgan fingerprint density at radius 3 is 2.20 bits per heavy atom. The van der Waals surface area contributed by atoms with Gasteiger partial charge in [-0.3, -0.25) is 4.79 Å². The fraction of sp³-hybridized carbons (Fsp3) is 0.429. The molecule has 0 saturated heterocycles. The van der Waals surface area contributed by atoms with E-state index in [-0.39, 0.29) is 30.3 Å². The molecule has 3 atom stereocenters. The number of benzene rings is 1. The summed E-state index contributed by atoms with van der Waals surface area (Å²) in [7, 11) is 1.29. The van der Waals surface area contributed by atoms with E-state index in [0.29, 0.717) is 5.56 Å². The van der Waals surface area contributed by atoms with Crippen molar-refractivity contribution in [3.05, 3.63) is 35.9 Å². The molecule has 1 amide bonds. The predicted octanol–water partition coefficient (Wildman–Crippen LogP) is 1.42. The number of ether oxygens (including phenoxy) is 1. The Morgan fingerprint density at radius 2 is 1.75 bits per heavy atom. The molecule has 0 fully saturated rings. The molecule has 112 valence electrons. The number of rotatable bonds is 5. The Hall–Kier alpha value is -1.59. The van der Waals surface area contributed by atoms with Gasteiger partial charge in [-0.05, 0) is 12.5 Å². The number of nitrogens with one attached hydrogen (secondary N) is 1. The van der Waals surface area contributed by atoms with Gasteiger partial charge in [0.25, 0.3) is 0 Å². The maximum Gasteiger partial charge on any atom is 0.333 e. The number of esters is 1. The molecule has 0 aliphatic carbocycles. The first-order valence-corrected chi connectivity index (χ1v) is 6.16. The van der Waals surface area contributed by atoms with Crippen molar-refractivity contribution in [1.29, 1.82) is 0 Å². The molecule has 6 heteroatoms. The summed E-state index contributed by atoms with van der Waals surface area (Å²) in [5.74, 6) is -1.15. The summed E-state index contributed by atoms with van der Waals surface area (Å²) in [6, 6.07) is 7.87. The number of halogens is 1. The number of methoxy groups -OCH3 is 1. The molecule has 0 heterocycles. The van der Waals surface area contributed by atoms with Gasteiger partial charge in [-0.2, -0.15) is 0 Å². The van der Waals surface area contributed by atoms with Crippen LogP contribution in [0, 0.1) is 5.92 Å². The van der Waals surface area contributed by atoms with Crippen molar-refractivity contribution >= 4 is 24.3 Å². The zero-order valence-corrected chi connectivity index (χ0v) is 12.6. The highest BCUT2D eigenvalue weighted by Crippen LogP contribution is 2.15. The maximum atomic E-state index is 12.0. The van der Waals surface area contributed by atoms with Crippen LogP contribution < -0.4 is 11.1 Å². The number of hydrogen-bond acceptors (Lipinski definition) is 4. The quantitative estimate of drug-likeness (QED) is 0.806. The second-order valence-electron chi connectivity index (χ2n) is 4.52. The second kappa shape index (κ2) is 8.55. The van der Waals surface area contributed by atoms with Crippen molar-refractivity contribution in [3.8, 4) is 0 Å². The molecule has 0 radical (unpaired) electrons. The summed E-state index contributed by atoms with van der Waals surface area (Å²) in [6.07, 6.45) is 0. The molecular formula is C14H21ClN2O3. The molecule has 3 N–H and O–H groups in total. The molecule has 0 aliphatic rings. The lowest BCUT2D eigenvalue weighted by Gasteiger charge is -2.21. The van der Waals surface area contributed by atoms with Gasteiger partial charge >= 0.3 is 5.97 Å². The van der Waals surface area contributed by atoms with Crippen molar-refractivity contribution in [2.75, 3.05) is 7.11 Å². The van der Waals surface area contributed by atoms with Crippen LogP contribution in [0.15, 0.2) is 30.3 Å². The maximum absolute atomic E-state index is 12.0. The molecule has 0 aliphatic heterocycles. The molecule has 1 aromatic rings. The van der Waals surface area contributed by atoms with Crippen LogP contribution in [0.5, 0.6) is 0 Å². The third kappa shape index (κ3) is 4.83. The lowest BCUT2D eigenvalue weighted by molar-refractivity contribution is -0.145. The molecule has 5 nitrogen and oxygen atoms in total. The Bertz CT molecular complexity index is 437. The Balaban J connectivity index is 0.00000361. The lowest BCUT2D eigenvalue weighted by Crippen LogP contribution is -2.42. The van der Waals surface area contributed by atoms with E-state index in [4.69, 9.17) is 10.5 Å². The average Bonchev–Trinajstić information content (AvgIpc) is 2.43. The van der Waals surface area contributed by atoms with Crippen molar-refractivity contribution in [2.24, 2.45) is 11.7 Å². The number of carbonyl (C=O) groups is 2. The second-order valence-corrected chi connectivity index (χ2v) is 4.52. The Kier molecular flexibility index (Phi) is 7.87. The van der Waals surface area contributed by atoms with Crippen LogP contribution in [-0.2, 0) is 14.3 Å². The van der Waals surface area contributed by atoms with E-state index in [2.05, 4.69) is 5.32 Å². The van der Waals surface area contributed by atoms with E-state index in [1.807, 2.05) is 6.07 Å². The zero-order valence-electron chi connectivity index (χ0n) is 11.8. The van der Waals surface area contributed by atoms with E-state index >= 15 is 0 Å². The minimum Gasteiger partial charge on any atom is -0.467 e. The van der Waals surface area contributed by atoms with Crippen LogP contribution in [0.2, 0.25) is 0 Å². The summed E-state index contributed by atoms with van der Waals surface area (Å²) in [6.45, 7) is 3.47. The molecule has 0 aromatic heterocycles. The summed E-state index contributed by atoms with van der Waals surface area (Å²) >= 11 is 0. The standard InChI is InChI=1S/C14H20N2O3.ClH/c1-9(10(2)15)13(17)16-12(14(18)19-3)11-7-5-4-6-8-11;/h4-10,12H,15H2,1-3H3,(H,16,17);1H. The van der Waals surface area contributed by atoms with Gasteiger partial charge in [0.05, 0.1) is 7.11 Å². The van der Waals surface area contributed by atoms with E-state index in [9.17, 15) is 9.59 Å². The normalized spacial score (nSPS) is 14.4. The van der Waals surface area contributed by atoms with Crippen LogP contribution in [0.4, 0.5) is 0 Å². The number of amides is 1. The first-order valence-electron chi connectivity index (χ1n) is 6.16. The molecule has 20 heavy (non-hydrogen) atoms. The first-order chi connectivity index (χ1) is 8.97. The smallest absolute Gasteiger partial charge is 0.333 e. The molecular weight excluding hydrogens is 280 g/mol. The molecule has 0 bridgehead atoms. The molecule has 1 aromatic carbocycles. The van der Waals surface area contributed by atoms with E-state index < -0.39 is 12.0 Å². The van der Waals surface area contributed by atoms with E-state index in [0.717, 1.165) is 0 Å². The third-order valence-electron chi connectivity index (χ3n) is 3.06. The molecule has 0 spiro atoms. The largest absolute Gasteiger partial charge is 0.467 e. The van der Waals surface area contributed by atoms with Gasteiger partial charge in [0.2, 0.25) is 5.91 Å². The lowest BCUT2D eigenvalue weighted by atomic mass is 10.0. The SMILES string of the molecule is COC(=O)C(NC(=O)C(C)C(C)N)c1ccccc1.Cl. The van der Waals surface area contributed by atoms with Gasteiger partial charge in [-0.25, -0.2) is 4.79 Å². The highest BCUT2D eigenvalue weighted by molar-refractivity contribution is 5.86. The van der Waals surface area contributed by atoms with Crippen LogP contribution in [0.3, 0.4) is 0 Å². The minimum absolute atomic E-state index is 0. The molecule has 3 unspecified atom stereocenters. The van der Waals surface area contributed by atoms with Crippen molar-refractivity contribution in [2.45, 2.75) is 25.9 Å². The Labute approximate surface area is 125 Å². The van der Waals surface area contributed by atoms with Crippen LogP contribution in [0.1, 0.15) is 25.5 Å².